The molecule has 0 aliphatic rings. The number of H-pyrrole nitrogens is 1. The topological polar surface area (TPSA) is 55.0 Å². The number of methoxy groups -OCH3 is 1. The van der Waals surface area contributed by atoms with Gasteiger partial charge in [0.25, 0.3) is 0 Å². The van der Waals surface area contributed by atoms with Crippen LogP contribution in [0.25, 0.3) is 11.4 Å². The molecule has 98 valence electrons. The van der Waals surface area contributed by atoms with Crippen LogP contribution in [-0.2, 0) is 0 Å². The number of carbonyl (C=O) groups excluding carboxylic acids is 1. The van der Waals surface area contributed by atoms with Crippen molar-refractivity contribution in [2.75, 3.05) is 7.11 Å². The van der Waals surface area contributed by atoms with Crippen LogP contribution in [0.3, 0.4) is 0 Å². The summed E-state index contributed by atoms with van der Waals surface area (Å²) in [7, 11) is 1.60. The Hall–Kier alpha value is -2.01. The Kier molecular flexibility index (Phi) is 3.76. The first kappa shape index (κ1) is 13.4. The predicted molar refractivity (Wildman–Crippen MR) is 76.2 cm³/mol. The van der Waals surface area contributed by atoms with Crippen LogP contribution in [0.15, 0.2) is 24.3 Å². The number of nitrogens with one attached hydrogen (secondary N) is 1. The fourth-order valence-electron chi connectivity index (χ4n) is 1.97. The van der Waals surface area contributed by atoms with E-state index in [0.29, 0.717) is 27.5 Å². The normalized spacial score (nSPS) is 10.3. The minimum absolute atomic E-state index is 0.0853. The molecule has 2 aromatic rings. The number of Topliss-reactive ketones (excluding diaryl/α,β-unsaturated/α-hetero) is 1. The Morgan fingerprint density at radius 3 is 2.63 bits per heavy atom. The smallest absolute Gasteiger partial charge is 0.164 e. The molecule has 0 bridgehead atoms. The molecule has 0 radical (unpaired) electrons. The van der Waals surface area contributed by atoms with Crippen LogP contribution >= 0.6 is 12.2 Å². The van der Waals surface area contributed by atoms with Gasteiger partial charge < -0.3 is 9.72 Å². The molecule has 2 rings (SSSR count). The lowest BCUT2D eigenvalue weighted by Gasteiger charge is -2.10. The van der Waals surface area contributed by atoms with E-state index in [0.717, 1.165) is 5.56 Å². The summed E-state index contributed by atoms with van der Waals surface area (Å²) >= 11 is 5.19. The Balaban J connectivity index is 2.65. The molecule has 0 aliphatic carbocycles. The number of nitrogens with zero attached hydrogens (tertiary/aromatic N) is 1. The van der Waals surface area contributed by atoms with Crippen molar-refractivity contribution in [3.8, 4) is 17.1 Å². The molecule has 0 saturated heterocycles. The Morgan fingerprint density at radius 1 is 1.37 bits per heavy atom. The first-order valence-corrected chi connectivity index (χ1v) is 6.20. The summed E-state index contributed by atoms with van der Waals surface area (Å²) in [5.74, 6) is 1.22. The molecule has 0 fully saturated rings. The van der Waals surface area contributed by atoms with Crippen LogP contribution in [0, 0.1) is 11.6 Å². The second-order valence-corrected chi connectivity index (χ2v) is 4.53. The highest BCUT2D eigenvalue weighted by Crippen LogP contribution is 2.27. The second-order valence-electron chi connectivity index (χ2n) is 4.15. The third-order valence-electron chi connectivity index (χ3n) is 2.82. The lowest BCUT2D eigenvalue weighted by atomic mass is 10.1. The number of aromatic nitrogens is 2. The minimum Gasteiger partial charge on any atom is -0.496 e. The minimum atomic E-state index is -0.0853. The quantitative estimate of drug-likeness (QED) is 0.689. The van der Waals surface area contributed by atoms with Crippen LogP contribution in [-0.4, -0.2) is 22.9 Å². The molecule has 0 amide bonds. The van der Waals surface area contributed by atoms with Gasteiger partial charge >= 0.3 is 0 Å². The Morgan fingerprint density at radius 2 is 2.05 bits per heavy atom. The summed E-state index contributed by atoms with van der Waals surface area (Å²) in [6, 6.07) is 7.51. The molecular formula is C14H14N2O2S. The van der Waals surface area contributed by atoms with E-state index in [4.69, 9.17) is 17.0 Å². The number of carbonyl (C=O) groups is 1. The maximum Gasteiger partial charge on any atom is 0.164 e. The maximum atomic E-state index is 11.5. The van der Waals surface area contributed by atoms with E-state index >= 15 is 0 Å². The standard InChI is InChI=1S/C14H14N2O2S/c1-8-12(9(2)17)14(19)16-13(15-8)10-6-4-5-7-11(10)18-3/h4-7H,1-3H3,(H,15,16,19). The van der Waals surface area contributed by atoms with Crippen molar-refractivity contribution in [1.82, 2.24) is 9.97 Å². The molecule has 1 aromatic heterocycles. The van der Waals surface area contributed by atoms with Gasteiger partial charge in [0.1, 0.15) is 16.2 Å². The zero-order chi connectivity index (χ0) is 14.0. The zero-order valence-electron chi connectivity index (χ0n) is 11.0. The number of hydrogen-bond donors (Lipinski definition) is 1. The van der Waals surface area contributed by atoms with Crippen LogP contribution in [0.2, 0.25) is 0 Å². The first-order chi connectivity index (χ1) is 9.04. The molecule has 0 saturated carbocycles. The van der Waals surface area contributed by atoms with Crippen LogP contribution in [0.4, 0.5) is 0 Å². The highest BCUT2D eigenvalue weighted by atomic mass is 32.1. The van der Waals surface area contributed by atoms with Crippen molar-refractivity contribution in [3.63, 3.8) is 0 Å². The molecule has 4 nitrogen and oxygen atoms in total. The van der Waals surface area contributed by atoms with Gasteiger partial charge in [-0.25, -0.2) is 4.98 Å². The highest BCUT2D eigenvalue weighted by molar-refractivity contribution is 7.71. The zero-order valence-corrected chi connectivity index (χ0v) is 11.8. The molecule has 19 heavy (non-hydrogen) atoms. The molecule has 0 unspecified atom stereocenters. The predicted octanol–water partition coefficient (Wildman–Crippen LogP) is 3.33. The monoisotopic (exact) mass is 274 g/mol. The third-order valence-corrected chi connectivity index (χ3v) is 3.12. The van der Waals surface area contributed by atoms with Crippen LogP contribution < -0.4 is 4.74 Å². The van der Waals surface area contributed by atoms with Crippen molar-refractivity contribution in [1.29, 1.82) is 0 Å². The molecule has 5 heteroatoms. The number of aryl methyl sites for hydroxylation is 1. The Labute approximate surface area is 116 Å². The SMILES string of the molecule is COc1ccccc1-c1nc(=S)c(C(C)=O)c(C)[nH]1. The molecule has 1 heterocycles. The average molecular weight is 274 g/mol. The van der Waals surface area contributed by atoms with Gasteiger partial charge in [0.05, 0.1) is 18.2 Å². The van der Waals surface area contributed by atoms with Gasteiger partial charge in [0.15, 0.2) is 5.78 Å². The third kappa shape index (κ3) is 2.56. The van der Waals surface area contributed by atoms with Gasteiger partial charge in [-0.15, -0.1) is 0 Å². The van der Waals surface area contributed by atoms with E-state index in [1.165, 1.54) is 6.92 Å². The van der Waals surface area contributed by atoms with Crippen molar-refractivity contribution < 1.29 is 9.53 Å². The van der Waals surface area contributed by atoms with Crippen molar-refractivity contribution in [2.45, 2.75) is 13.8 Å². The maximum absolute atomic E-state index is 11.5. The number of hydrogen-bond acceptors (Lipinski definition) is 4. The van der Waals surface area contributed by atoms with Gasteiger partial charge in [-0.3, -0.25) is 4.79 Å². The van der Waals surface area contributed by atoms with E-state index in [1.54, 1.807) is 7.11 Å². The molecule has 1 N–H and O–H groups in total. The molecule has 0 aliphatic heterocycles. The van der Waals surface area contributed by atoms with E-state index in [9.17, 15) is 4.79 Å². The van der Waals surface area contributed by atoms with Crippen molar-refractivity contribution in [3.05, 3.63) is 40.2 Å². The fraction of sp³-hybridized carbons (Fsp3) is 0.214. The summed E-state index contributed by atoms with van der Waals surface area (Å²) < 4.78 is 5.61. The Bertz CT molecular complexity index is 692. The number of rotatable bonds is 3. The fourth-order valence-corrected chi connectivity index (χ4v) is 2.36. The summed E-state index contributed by atoms with van der Waals surface area (Å²) in [6.45, 7) is 3.30. The molecular weight excluding hydrogens is 260 g/mol. The molecule has 0 spiro atoms. The van der Waals surface area contributed by atoms with Crippen molar-refractivity contribution >= 4 is 18.0 Å². The number of benzene rings is 1. The van der Waals surface area contributed by atoms with Gasteiger partial charge in [0.2, 0.25) is 0 Å². The number of aromatic amines is 1. The van der Waals surface area contributed by atoms with Crippen molar-refractivity contribution in [2.24, 2.45) is 0 Å². The van der Waals surface area contributed by atoms with Crippen LogP contribution in [0.1, 0.15) is 23.0 Å². The largest absolute Gasteiger partial charge is 0.496 e. The summed E-state index contributed by atoms with van der Waals surface area (Å²) in [5, 5.41) is 0. The average Bonchev–Trinajstić information content (AvgIpc) is 2.37. The van der Waals surface area contributed by atoms with E-state index in [2.05, 4.69) is 9.97 Å². The molecule has 0 atom stereocenters. The highest BCUT2D eigenvalue weighted by Gasteiger charge is 2.12. The van der Waals surface area contributed by atoms with Gasteiger partial charge in [-0.05, 0) is 26.0 Å². The van der Waals surface area contributed by atoms with Gasteiger partial charge in [-0.1, -0.05) is 24.4 Å². The van der Waals surface area contributed by atoms with E-state index < -0.39 is 0 Å². The number of ether oxygens (including phenoxy) is 1. The van der Waals surface area contributed by atoms with Crippen LogP contribution in [0.5, 0.6) is 5.75 Å². The van der Waals surface area contributed by atoms with Gasteiger partial charge in [0, 0.05) is 5.69 Å². The lowest BCUT2D eigenvalue weighted by Crippen LogP contribution is -2.04. The molecule has 1 aromatic carbocycles. The number of ketones is 1. The lowest BCUT2D eigenvalue weighted by molar-refractivity contribution is 0.101. The van der Waals surface area contributed by atoms with Gasteiger partial charge in [-0.2, -0.15) is 0 Å². The van der Waals surface area contributed by atoms with E-state index in [1.807, 2.05) is 31.2 Å². The number of para-hydroxylation sites is 1. The summed E-state index contributed by atoms with van der Waals surface area (Å²) in [4.78, 5) is 18.9. The van der Waals surface area contributed by atoms with E-state index in [-0.39, 0.29) is 5.78 Å². The summed E-state index contributed by atoms with van der Waals surface area (Å²) in [6.07, 6.45) is 0. The second kappa shape index (κ2) is 5.32. The summed E-state index contributed by atoms with van der Waals surface area (Å²) in [5.41, 5.74) is 2.00. The first-order valence-electron chi connectivity index (χ1n) is 5.80.